The van der Waals surface area contributed by atoms with Crippen LogP contribution in [0, 0.1) is 17.2 Å². The van der Waals surface area contributed by atoms with Gasteiger partial charge in [0.25, 0.3) is 0 Å². The zero-order valence-corrected chi connectivity index (χ0v) is 15.5. The number of nitrogens with one attached hydrogen (secondary N) is 1. The van der Waals surface area contributed by atoms with E-state index in [0.717, 1.165) is 32.1 Å². The third-order valence-corrected chi connectivity index (χ3v) is 4.91. The second-order valence-electron chi connectivity index (χ2n) is 7.94. The predicted octanol–water partition coefficient (Wildman–Crippen LogP) is 3.14. The Hall–Kier alpha value is -2.03. The van der Waals surface area contributed by atoms with Gasteiger partial charge in [0.05, 0.1) is 12.1 Å². The number of hydrogen-bond acceptors (Lipinski definition) is 4. The van der Waals surface area contributed by atoms with Gasteiger partial charge in [-0.2, -0.15) is 5.26 Å². The monoisotopic (exact) mass is 347 g/mol. The Bertz CT molecular complexity index is 555. The summed E-state index contributed by atoms with van der Waals surface area (Å²) in [6, 6.07) is 0.955. The van der Waals surface area contributed by atoms with Crippen molar-refractivity contribution < 1.29 is 14.3 Å². The van der Waals surface area contributed by atoms with Crippen molar-refractivity contribution in [1.29, 1.82) is 5.26 Å². The molecular formula is C19H29N3O3. The Morgan fingerprint density at radius 3 is 2.44 bits per heavy atom. The first kappa shape index (κ1) is 19.3. The quantitative estimate of drug-likeness (QED) is 0.792. The molecule has 0 bridgehead atoms. The van der Waals surface area contributed by atoms with Gasteiger partial charge in [-0.05, 0) is 52.4 Å². The fourth-order valence-electron chi connectivity index (χ4n) is 3.78. The van der Waals surface area contributed by atoms with Crippen molar-refractivity contribution in [3.05, 3.63) is 12.7 Å². The molecule has 0 aromatic carbocycles. The normalized spacial score (nSPS) is 25.3. The first-order valence-electron chi connectivity index (χ1n) is 9.10. The molecular weight excluding hydrogens is 318 g/mol. The van der Waals surface area contributed by atoms with E-state index in [1.165, 1.54) is 0 Å². The molecule has 1 aliphatic carbocycles. The van der Waals surface area contributed by atoms with Gasteiger partial charge in [-0.1, -0.05) is 18.9 Å². The van der Waals surface area contributed by atoms with Crippen molar-refractivity contribution in [2.75, 3.05) is 0 Å². The molecule has 1 saturated carbocycles. The van der Waals surface area contributed by atoms with Crippen LogP contribution in [0.15, 0.2) is 12.7 Å². The Labute approximate surface area is 150 Å². The third-order valence-electron chi connectivity index (χ3n) is 4.91. The summed E-state index contributed by atoms with van der Waals surface area (Å²) in [4.78, 5) is 27.1. The summed E-state index contributed by atoms with van der Waals surface area (Å²) in [5.74, 6) is -0.0999. The predicted molar refractivity (Wildman–Crippen MR) is 94.6 cm³/mol. The van der Waals surface area contributed by atoms with Crippen LogP contribution in [0.5, 0.6) is 0 Å². The molecule has 1 N–H and O–H groups in total. The Morgan fingerprint density at radius 1 is 1.28 bits per heavy atom. The van der Waals surface area contributed by atoms with Gasteiger partial charge in [0, 0.05) is 0 Å². The molecule has 2 fully saturated rings. The molecule has 2 aliphatic rings. The first-order valence-corrected chi connectivity index (χ1v) is 9.10. The fraction of sp³-hybridized carbons (Fsp3) is 0.737. The molecule has 25 heavy (non-hydrogen) atoms. The zero-order valence-electron chi connectivity index (χ0n) is 15.5. The van der Waals surface area contributed by atoms with Gasteiger partial charge in [0.1, 0.15) is 17.7 Å². The van der Waals surface area contributed by atoms with Gasteiger partial charge in [-0.3, -0.25) is 4.79 Å². The molecule has 1 saturated heterocycles. The lowest BCUT2D eigenvalue weighted by Crippen LogP contribution is -2.55. The number of nitriles is 1. The molecule has 0 aromatic heterocycles. The van der Waals surface area contributed by atoms with E-state index >= 15 is 0 Å². The molecule has 2 amide bonds. The van der Waals surface area contributed by atoms with E-state index in [-0.39, 0.29) is 17.9 Å². The lowest BCUT2D eigenvalue weighted by molar-refractivity contribution is -0.136. The lowest BCUT2D eigenvalue weighted by Gasteiger charge is -2.33. The van der Waals surface area contributed by atoms with Gasteiger partial charge in [-0.25, -0.2) is 4.79 Å². The second kappa shape index (κ2) is 7.90. The number of hydrogen-bond donors (Lipinski definition) is 1. The van der Waals surface area contributed by atoms with Crippen LogP contribution in [0.25, 0.3) is 0 Å². The maximum absolute atomic E-state index is 13.2. The van der Waals surface area contributed by atoms with E-state index in [9.17, 15) is 14.9 Å². The zero-order chi connectivity index (χ0) is 18.6. The standard InChI is InChI=1S/C19H29N3O3/c1-5-14-10-11-15(12-20)22(14)17(23)16(13-8-6-7-9-13)21-18(24)25-19(2,3)4/h5,13-16H,1,6-11H2,2-4H3,(H,21,24)/t14-,15-,16-/m0/s1. The summed E-state index contributed by atoms with van der Waals surface area (Å²) < 4.78 is 5.34. The molecule has 2 rings (SSSR count). The molecule has 0 aromatic rings. The van der Waals surface area contributed by atoms with Crippen LogP contribution in [0.2, 0.25) is 0 Å². The lowest BCUT2D eigenvalue weighted by atomic mass is 9.96. The van der Waals surface area contributed by atoms with Crippen molar-refractivity contribution in [2.45, 2.75) is 83.0 Å². The van der Waals surface area contributed by atoms with Crippen molar-refractivity contribution in [3.8, 4) is 6.07 Å². The number of ether oxygens (including phenoxy) is 1. The van der Waals surface area contributed by atoms with Crippen LogP contribution in [0.3, 0.4) is 0 Å². The Kier molecular flexibility index (Phi) is 6.10. The summed E-state index contributed by atoms with van der Waals surface area (Å²) in [6.07, 6.45) is 6.41. The molecule has 6 nitrogen and oxygen atoms in total. The molecule has 3 atom stereocenters. The first-order chi connectivity index (χ1) is 11.8. The smallest absolute Gasteiger partial charge is 0.408 e. The molecule has 1 heterocycles. The van der Waals surface area contributed by atoms with E-state index < -0.39 is 23.8 Å². The van der Waals surface area contributed by atoms with Crippen LogP contribution < -0.4 is 5.32 Å². The van der Waals surface area contributed by atoms with Crippen LogP contribution in [0.1, 0.15) is 59.3 Å². The average Bonchev–Trinajstić information content (AvgIpc) is 3.18. The summed E-state index contributed by atoms with van der Waals surface area (Å²) in [5, 5.41) is 12.2. The summed E-state index contributed by atoms with van der Waals surface area (Å²) in [7, 11) is 0. The van der Waals surface area contributed by atoms with E-state index in [1.807, 2.05) is 0 Å². The molecule has 1 aliphatic heterocycles. The maximum atomic E-state index is 13.2. The summed E-state index contributed by atoms with van der Waals surface area (Å²) >= 11 is 0. The number of carbonyl (C=O) groups is 2. The van der Waals surface area contributed by atoms with Gasteiger partial charge in [-0.15, -0.1) is 6.58 Å². The van der Waals surface area contributed by atoms with Gasteiger partial charge >= 0.3 is 6.09 Å². The minimum absolute atomic E-state index is 0.0884. The summed E-state index contributed by atoms with van der Waals surface area (Å²) in [6.45, 7) is 9.17. The number of rotatable bonds is 4. The molecule has 0 unspecified atom stereocenters. The van der Waals surface area contributed by atoms with Crippen LogP contribution >= 0.6 is 0 Å². The molecule has 6 heteroatoms. The van der Waals surface area contributed by atoms with Crippen molar-refractivity contribution in [1.82, 2.24) is 10.2 Å². The highest BCUT2D eigenvalue weighted by atomic mass is 16.6. The molecule has 0 radical (unpaired) electrons. The minimum Gasteiger partial charge on any atom is -0.444 e. The van der Waals surface area contributed by atoms with E-state index in [0.29, 0.717) is 6.42 Å². The molecule has 138 valence electrons. The van der Waals surface area contributed by atoms with E-state index in [1.54, 1.807) is 31.7 Å². The van der Waals surface area contributed by atoms with Crippen molar-refractivity contribution in [3.63, 3.8) is 0 Å². The van der Waals surface area contributed by atoms with E-state index in [2.05, 4.69) is 18.0 Å². The Morgan fingerprint density at radius 2 is 1.92 bits per heavy atom. The van der Waals surface area contributed by atoms with Gasteiger partial charge in [0.2, 0.25) is 5.91 Å². The fourth-order valence-corrected chi connectivity index (χ4v) is 3.78. The number of nitrogens with zero attached hydrogens (tertiary/aromatic N) is 2. The van der Waals surface area contributed by atoms with Gasteiger partial charge in [0.15, 0.2) is 0 Å². The van der Waals surface area contributed by atoms with Crippen molar-refractivity contribution >= 4 is 12.0 Å². The number of carbonyl (C=O) groups excluding carboxylic acids is 2. The second-order valence-corrected chi connectivity index (χ2v) is 7.94. The van der Waals surface area contributed by atoms with Crippen LogP contribution in [0.4, 0.5) is 4.79 Å². The van der Waals surface area contributed by atoms with Crippen molar-refractivity contribution in [2.24, 2.45) is 5.92 Å². The molecule has 0 spiro atoms. The highest BCUT2D eigenvalue weighted by molar-refractivity contribution is 5.87. The number of amides is 2. The highest BCUT2D eigenvalue weighted by Crippen LogP contribution is 2.32. The van der Waals surface area contributed by atoms with Crippen LogP contribution in [-0.4, -0.2) is 40.6 Å². The summed E-state index contributed by atoms with van der Waals surface area (Å²) in [5.41, 5.74) is -0.625. The van der Waals surface area contributed by atoms with Gasteiger partial charge < -0.3 is 15.0 Å². The Balaban J connectivity index is 2.19. The third kappa shape index (κ3) is 4.75. The maximum Gasteiger partial charge on any atom is 0.408 e. The number of likely N-dealkylation sites (tertiary alicyclic amines) is 1. The SMILES string of the molecule is C=C[C@H]1CC[C@@H](C#N)N1C(=O)[C@@H](NC(=O)OC(C)(C)C)C1CCCC1. The average molecular weight is 347 g/mol. The van der Waals surface area contributed by atoms with E-state index in [4.69, 9.17) is 4.74 Å². The topological polar surface area (TPSA) is 82.4 Å². The number of alkyl carbamates (subject to hydrolysis) is 1. The highest BCUT2D eigenvalue weighted by Gasteiger charge is 2.42. The largest absolute Gasteiger partial charge is 0.444 e. The minimum atomic E-state index is -0.645. The van der Waals surface area contributed by atoms with Crippen LogP contribution in [-0.2, 0) is 9.53 Å².